The molecule has 4 rings (SSSR count). The van der Waals surface area contributed by atoms with Crippen molar-refractivity contribution in [2.75, 3.05) is 6.61 Å². The Morgan fingerprint density at radius 2 is 2.12 bits per heavy atom. The van der Waals surface area contributed by atoms with Crippen LogP contribution in [0.3, 0.4) is 0 Å². The van der Waals surface area contributed by atoms with E-state index in [1.54, 1.807) is 17.5 Å². The summed E-state index contributed by atoms with van der Waals surface area (Å²) in [5.74, 6) is 0.134. The largest absolute Gasteiger partial charge is 0.461 e. The van der Waals surface area contributed by atoms with E-state index in [-0.39, 0.29) is 0 Å². The molecule has 1 atom stereocenters. The molecule has 0 N–H and O–H groups in total. The number of esters is 1. The van der Waals surface area contributed by atoms with E-state index < -0.39 is 5.97 Å². The molecule has 5 heteroatoms. The molecule has 2 aliphatic rings. The van der Waals surface area contributed by atoms with Gasteiger partial charge in [0.15, 0.2) is 11.3 Å². The van der Waals surface area contributed by atoms with Crippen LogP contribution in [0.15, 0.2) is 18.7 Å². The van der Waals surface area contributed by atoms with Gasteiger partial charge >= 0.3 is 5.97 Å². The highest BCUT2D eigenvalue weighted by Crippen LogP contribution is 2.66. The van der Waals surface area contributed by atoms with Crippen LogP contribution < -0.4 is 0 Å². The second kappa shape index (κ2) is 5.97. The van der Waals surface area contributed by atoms with Crippen LogP contribution in [0.5, 0.6) is 0 Å². The van der Waals surface area contributed by atoms with Gasteiger partial charge in [-0.25, -0.2) is 14.3 Å². The quantitative estimate of drug-likeness (QED) is 0.776. The molecule has 25 heavy (non-hydrogen) atoms. The SMILES string of the molecule is C=C(C)c1cc(C2CC23CCCCC3)nc2cc(C(=O)OCC)nn12. The molecule has 0 saturated heterocycles. The molecule has 2 fully saturated rings. The monoisotopic (exact) mass is 339 g/mol. The van der Waals surface area contributed by atoms with Crippen LogP contribution >= 0.6 is 0 Å². The highest BCUT2D eigenvalue weighted by Gasteiger charge is 2.55. The van der Waals surface area contributed by atoms with Gasteiger partial charge in [0.2, 0.25) is 0 Å². The molecule has 0 aliphatic heterocycles. The van der Waals surface area contributed by atoms with E-state index in [0.29, 0.717) is 29.3 Å². The average Bonchev–Trinajstić information content (AvgIpc) is 3.10. The molecule has 0 bridgehead atoms. The predicted molar refractivity (Wildman–Crippen MR) is 96.5 cm³/mol. The van der Waals surface area contributed by atoms with E-state index >= 15 is 0 Å². The zero-order valence-corrected chi connectivity index (χ0v) is 15.0. The van der Waals surface area contributed by atoms with Crippen LogP contribution in [0.2, 0.25) is 0 Å². The van der Waals surface area contributed by atoms with E-state index in [1.165, 1.54) is 38.5 Å². The first-order valence-corrected chi connectivity index (χ1v) is 9.28. The van der Waals surface area contributed by atoms with Crippen molar-refractivity contribution in [1.82, 2.24) is 14.6 Å². The van der Waals surface area contributed by atoms with Gasteiger partial charge < -0.3 is 4.74 Å². The molecule has 2 heterocycles. The Morgan fingerprint density at radius 1 is 1.36 bits per heavy atom. The van der Waals surface area contributed by atoms with Crippen molar-refractivity contribution in [3.8, 4) is 0 Å². The Bertz CT molecular complexity index is 846. The molecule has 5 nitrogen and oxygen atoms in total. The highest BCUT2D eigenvalue weighted by atomic mass is 16.5. The van der Waals surface area contributed by atoms with Gasteiger partial charge in [0.1, 0.15) is 0 Å². The molecule has 2 aliphatic carbocycles. The van der Waals surface area contributed by atoms with E-state index in [9.17, 15) is 4.79 Å². The molecule has 2 aromatic heterocycles. The maximum absolute atomic E-state index is 12.0. The Hall–Kier alpha value is -2.17. The summed E-state index contributed by atoms with van der Waals surface area (Å²) in [6.07, 6.45) is 7.92. The second-order valence-electron chi connectivity index (χ2n) is 7.55. The van der Waals surface area contributed by atoms with Crippen molar-refractivity contribution in [2.45, 2.75) is 58.3 Å². The summed E-state index contributed by atoms with van der Waals surface area (Å²) in [5, 5.41) is 4.40. The molecule has 0 amide bonds. The maximum Gasteiger partial charge on any atom is 0.358 e. The first-order valence-electron chi connectivity index (χ1n) is 9.28. The van der Waals surface area contributed by atoms with Gasteiger partial charge in [-0.3, -0.25) is 0 Å². The van der Waals surface area contributed by atoms with Crippen molar-refractivity contribution in [1.29, 1.82) is 0 Å². The summed E-state index contributed by atoms with van der Waals surface area (Å²) in [6, 6.07) is 3.84. The lowest BCUT2D eigenvalue weighted by molar-refractivity contribution is 0.0519. The smallest absolute Gasteiger partial charge is 0.358 e. The van der Waals surface area contributed by atoms with Gasteiger partial charge in [-0.15, -0.1) is 0 Å². The van der Waals surface area contributed by atoms with Gasteiger partial charge in [0.25, 0.3) is 0 Å². The van der Waals surface area contributed by atoms with E-state index in [2.05, 4.69) is 17.7 Å². The summed E-state index contributed by atoms with van der Waals surface area (Å²) < 4.78 is 6.79. The van der Waals surface area contributed by atoms with Crippen molar-refractivity contribution >= 4 is 17.2 Å². The van der Waals surface area contributed by atoms with Crippen LogP contribution in [0.4, 0.5) is 0 Å². The molecule has 0 radical (unpaired) electrons. The van der Waals surface area contributed by atoms with Gasteiger partial charge in [-0.2, -0.15) is 5.10 Å². The number of aromatic nitrogens is 3. The Balaban J connectivity index is 1.74. The first-order chi connectivity index (χ1) is 12.0. The molecular formula is C20H25N3O2. The van der Waals surface area contributed by atoms with Crippen molar-refractivity contribution < 1.29 is 9.53 Å². The lowest BCUT2D eigenvalue weighted by Crippen LogP contribution is -2.10. The number of rotatable bonds is 4. The number of allylic oxidation sites excluding steroid dienone is 1. The fourth-order valence-electron chi connectivity index (χ4n) is 4.36. The summed E-state index contributed by atoms with van der Waals surface area (Å²) in [7, 11) is 0. The van der Waals surface area contributed by atoms with Gasteiger partial charge in [-0.1, -0.05) is 25.8 Å². The van der Waals surface area contributed by atoms with Crippen LogP contribution in [0.25, 0.3) is 11.2 Å². The zero-order valence-electron chi connectivity index (χ0n) is 15.0. The summed E-state index contributed by atoms with van der Waals surface area (Å²) in [6.45, 7) is 8.18. The fourth-order valence-corrected chi connectivity index (χ4v) is 4.36. The predicted octanol–water partition coefficient (Wildman–Crippen LogP) is 4.38. The molecule has 1 unspecified atom stereocenters. The van der Waals surface area contributed by atoms with Gasteiger partial charge in [0.05, 0.1) is 12.3 Å². The van der Waals surface area contributed by atoms with Crippen molar-refractivity contribution in [3.05, 3.63) is 35.8 Å². The standard InChI is InChI=1S/C20H25N3O2/c1-4-25-19(24)16-11-18-21-15(10-17(13(2)3)23(18)22-16)14-12-20(14)8-6-5-7-9-20/h10-11,14H,2,4-9,12H2,1,3H3. The number of hydrogen-bond acceptors (Lipinski definition) is 4. The minimum atomic E-state index is -0.405. The summed E-state index contributed by atoms with van der Waals surface area (Å²) in [4.78, 5) is 16.9. The molecule has 1 spiro atoms. The van der Waals surface area contributed by atoms with Crippen LogP contribution in [-0.4, -0.2) is 27.2 Å². The lowest BCUT2D eigenvalue weighted by atomic mass is 9.84. The average molecular weight is 339 g/mol. The Labute approximate surface area is 148 Å². The number of carbonyl (C=O) groups is 1. The van der Waals surface area contributed by atoms with E-state index in [4.69, 9.17) is 9.72 Å². The third kappa shape index (κ3) is 2.75. The zero-order chi connectivity index (χ0) is 17.6. The molecular weight excluding hydrogens is 314 g/mol. The number of hydrogen-bond donors (Lipinski definition) is 0. The number of carbonyl (C=O) groups excluding carboxylic acids is 1. The third-order valence-electron chi connectivity index (χ3n) is 5.76. The number of fused-ring (bicyclic) bond motifs is 1. The minimum absolute atomic E-state index is 0.303. The molecule has 2 aromatic rings. The van der Waals surface area contributed by atoms with Crippen LogP contribution in [0.1, 0.15) is 80.2 Å². The second-order valence-corrected chi connectivity index (χ2v) is 7.55. The lowest BCUT2D eigenvalue weighted by Gasteiger charge is -2.22. The molecule has 0 aromatic carbocycles. The third-order valence-corrected chi connectivity index (χ3v) is 5.76. The highest BCUT2D eigenvalue weighted by molar-refractivity contribution is 5.88. The normalized spacial score (nSPS) is 21.4. The molecule has 2 saturated carbocycles. The van der Waals surface area contributed by atoms with Gasteiger partial charge in [-0.05, 0) is 50.2 Å². The topological polar surface area (TPSA) is 56.5 Å². The minimum Gasteiger partial charge on any atom is -0.461 e. The van der Waals surface area contributed by atoms with E-state index in [1.807, 2.05) is 6.92 Å². The van der Waals surface area contributed by atoms with Crippen LogP contribution in [0, 0.1) is 5.41 Å². The first kappa shape index (κ1) is 16.3. The van der Waals surface area contributed by atoms with Crippen molar-refractivity contribution in [3.63, 3.8) is 0 Å². The number of ether oxygens (including phenoxy) is 1. The fraction of sp³-hybridized carbons (Fsp3) is 0.550. The van der Waals surface area contributed by atoms with Crippen molar-refractivity contribution in [2.24, 2.45) is 5.41 Å². The summed E-state index contributed by atoms with van der Waals surface area (Å²) >= 11 is 0. The Morgan fingerprint density at radius 3 is 2.80 bits per heavy atom. The van der Waals surface area contributed by atoms with E-state index in [0.717, 1.165) is 17.0 Å². The van der Waals surface area contributed by atoms with Crippen LogP contribution in [-0.2, 0) is 4.74 Å². The maximum atomic E-state index is 12.0. The summed E-state index contributed by atoms with van der Waals surface area (Å²) in [5.41, 5.74) is 4.45. The number of nitrogens with zero attached hydrogens (tertiary/aromatic N) is 3. The Kier molecular flexibility index (Phi) is 3.89. The van der Waals surface area contributed by atoms with Gasteiger partial charge in [0, 0.05) is 17.7 Å². The molecule has 132 valence electrons.